The smallest absolute Gasteiger partial charge is 0.0548 e. The highest BCUT2D eigenvalue weighted by molar-refractivity contribution is 5.91. The lowest BCUT2D eigenvalue weighted by Gasteiger charge is -2.46. The molecular weight excluding hydrogens is 314 g/mol. The monoisotopic (exact) mass is 337 g/mol. The molecule has 1 heteroatoms. The van der Waals surface area contributed by atoms with Crippen LogP contribution in [0.3, 0.4) is 0 Å². The van der Waals surface area contributed by atoms with E-state index in [0.717, 1.165) is 0 Å². The minimum atomic E-state index is 0.0795. The fourth-order valence-electron chi connectivity index (χ4n) is 5.70. The Morgan fingerprint density at radius 1 is 0.962 bits per heavy atom. The summed E-state index contributed by atoms with van der Waals surface area (Å²) in [5.41, 5.74) is 8.87. The van der Waals surface area contributed by atoms with E-state index in [1.54, 1.807) is 5.57 Å². The largest absolute Gasteiger partial charge is 0.381 e. The Balaban J connectivity index is 1.54. The van der Waals surface area contributed by atoms with E-state index in [9.17, 15) is 0 Å². The van der Waals surface area contributed by atoms with Gasteiger partial charge in [-0.2, -0.15) is 0 Å². The van der Waals surface area contributed by atoms with Crippen molar-refractivity contribution in [2.45, 2.75) is 25.3 Å². The Morgan fingerprint density at radius 3 is 2.65 bits per heavy atom. The van der Waals surface area contributed by atoms with Crippen LogP contribution in [0.2, 0.25) is 0 Å². The minimum Gasteiger partial charge on any atom is -0.381 e. The average Bonchev–Trinajstić information content (AvgIpc) is 2.89. The zero-order valence-electron chi connectivity index (χ0n) is 15.2. The number of piperidine rings is 1. The van der Waals surface area contributed by atoms with E-state index in [1.165, 1.54) is 28.0 Å². The first-order chi connectivity index (χ1) is 12.6. The molecule has 0 aromatic heterocycles. The summed E-state index contributed by atoms with van der Waals surface area (Å²) in [5.74, 6) is 1.43. The molecule has 1 aromatic carbocycles. The molecular formula is C25H23N. The summed E-state index contributed by atoms with van der Waals surface area (Å²) in [6, 6.07) is 9.31. The summed E-state index contributed by atoms with van der Waals surface area (Å²) in [6.45, 7) is 4.73. The molecule has 1 N–H and O–H groups in total. The van der Waals surface area contributed by atoms with E-state index >= 15 is 0 Å². The van der Waals surface area contributed by atoms with E-state index in [-0.39, 0.29) is 5.41 Å². The number of allylic oxidation sites excluding steroid dienone is 9. The Bertz CT molecular complexity index is 1010. The van der Waals surface area contributed by atoms with Crippen LogP contribution >= 0.6 is 0 Å². The second kappa shape index (κ2) is 4.79. The molecule has 4 unspecified atom stereocenters. The van der Waals surface area contributed by atoms with Crippen molar-refractivity contribution in [1.82, 2.24) is 5.32 Å². The highest BCUT2D eigenvalue weighted by Crippen LogP contribution is 2.54. The Hall–Kier alpha value is -2.54. The third-order valence-corrected chi connectivity index (χ3v) is 6.96. The first kappa shape index (κ1) is 14.6. The molecule has 1 saturated heterocycles. The minimum absolute atomic E-state index is 0.0795. The van der Waals surface area contributed by atoms with Gasteiger partial charge < -0.3 is 5.32 Å². The predicted octanol–water partition coefficient (Wildman–Crippen LogP) is 5.07. The third-order valence-electron chi connectivity index (χ3n) is 6.96. The molecule has 4 aliphatic carbocycles. The topological polar surface area (TPSA) is 12.0 Å². The third kappa shape index (κ3) is 1.71. The normalized spacial score (nSPS) is 34.2. The summed E-state index contributed by atoms with van der Waals surface area (Å²) in [7, 11) is 0. The molecule has 0 bridgehead atoms. The van der Waals surface area contributed by atoms with E-state index < -0.39 is 0 Å². The van der Waals surface area contributed by atoms with Crippen LogP contribution < -0.4 is 5.32 Å². The van der Waals surface area contributed by atoms with Crippen LogP contribution in [-0.4, -0.2) is 6.04 Å². The highest BCUT2D eigenvalue weighted by atomic mass is 15.0. The zero-order valence-corrected chi connectivity index (χ0v) is 15.2. The first-order valence-corrected chi connectivity index (χ1v) is 9.72. The van der Waals surface area contributed by atoms with Gasteiger partial charge in [0, 0.05) is 28.9 Å². The average molecular weight is 337 g/mol. The number of hydrogen-bond acceptors (Lipinski definition) is 1. The van der Waals surface area contributed by atoms with E-state index in [1.807, 2.05) is 0 Å². The number of benzene rings is 1. The van der Waals surface area contributed by atoms with Crippen LogP contribution in [-0.2, 0) is 5.41 Å². The fourth-order valence-corrected chi connectivity index (χ4v) is 5.70. The van der Waals surface area contributed by atoms with Gasteiger partial charge in [-0.3, -0.25) is 0 Å². The standard InChI is InChI=1S/C25H23N/c1-25(2)20-11-4-3-9-16(20)18-13-19-17-10-5-7-15-8-6-12-22(24(15)17)26-23(19)14-21(18)25/h3-15,19,23-24,26H,1-2H3. The van der Waals surface area contributed by atoms with Gasteiger partial charge in [0.25, 0.3) is 0 Å². The Labute approximate surface area is 155 Å². The van der Waals surface area contributed by atoms with Gasteiger partial charge in [0.05, 0.1) is 6.04 Å². The maximum absolute atomic E-state index is 3.88. The van der Waals surface area contributed by atoms with Gasteiger partial charge in [-0.15, -0.1) is 0 Å². The maximum Gasteiger partial charge on any atom is 0.0548 e. The van der Waals surface area contributed by atoms with Gasteiger partial charge in [0.2, 0.25) is 0 Å². The lowest BCUT2D eigenvalue weighted by atomic mass is 9.65. The molecule has 128 valence electrons. The Kier molecular flexibility index (Phi) is 2.69. The van der Waals surface area contributed by atoms with Gasteiger partial charge in [-0.25, -0.2) is 0 Å². The van der Waals surface area contributed by atoms with Crippen LogP contribution in [0.15, 0.2) is 89.7 Å². The molecule has 1 heterocycles. The van der Waals surface area contributed by atoms with Crippen LogP contribution in [0, 0.1) is 17.8 Å². The zero-order chi connectivity index (χ0) is 17.5. The van der Waals surface area contributed by atoms with Crippen molar-refractivity contribution in [3.8, 4) is 0 Å². The molecule has 0 amide bonds. The van der Waals surface area contributed by atoms with Gasteiger partial charge in [0.1, 0.15) is 0 Å². The Morgan fingerprint density at radius 2 is 1.77 bits per heavy atom. The number of hydrogen-bond donors (Lipinski definition) is 1. The lowest BCUT2D eigenvalue weighted by Crippen LogP contribution is -2.47. The SMILES string of the molecule is CC1(C)C2=CC3NC4=CC=CC5C=CC=C(C3C=C2c2ccccc21)C45. The number of rotatable bonds is 0. The van der Waals surface area contributed by atoms with Crippen molar-refractivity contribution in [2.24, 2.45) is 17.8 Å². The lowest BCUT2D eigenvalue weighted by molar-refractivity contribution is 0.391. The summed E-state index contributed by atoms with van der Waals surface area (Å²) in [6.07, 6.45) is 18.9. The van der Waals surface area contributed by atoms with E-state index in [2.05, 4.69) is 92.0 Å². The second-order valence-electron chi connectivity index (χ2n) is 8.64. The molecule has 1 nitrogen and oxygen atoms in total. The number of fused-ring (bicyclic) bond motifs is 5. The fraction of sp³-hybridized carbons (Fsp3) is 0.280. The molecule has 1 fully saturated rings. The molecule has 6 rings (SSSR count). The molecule has 26 heavy (non-hydrogen) atoms. The van der Waals surface area contributed by atoms with E-state index in [4.69, 9.17) is 0 Å². The van der Waals surface area contributed by atoms with Crippen molar-refractivity contribution >= 4 is 5.57 Å². The van der Waals surface area contributed by atoms with Crippen LogP contribution in [0.25, 0.3) is 5.57 Å². The quantitative estimate of drug-likeness (QED) is 0.697. The van der Waals surface area contributed by atoms with Gasteiger partial charge in [-0.1, -0.05) is 86.2 Å². The second-order valence-corrected chi connectivity index (χ2v) is 8.64. The van der Waals surface area contributed by atoms with Crippen molar-refractivity contribution in [2.75, 3.05) is 0 Å². The summed E-state index contributed by atoms with van der Waals surface area (Å²) >= 11 is 0. The van der Waals surface area contributed by atoms with Crippen molar-refractivity contribution in [3.63, 3.8) is 0 Å². The predicted molar refractivity (Wildman–Crippen MR) is 107 cm³/mol. The van der Waals surface area contributed by atoms with Crippen LogP contribution in [0.5, 0.6) is 0 Å². The first-order valence-electron chi connectivity index (χ1n) is 9.72. The molecule has 4 atom stereocenters. The van der Waals surface area contributed by atoms with Crippen LogP contribution in [0.1, 0.15) is 25.0 Å². The molecule has 1 aromatic rings. The summed E-state index contributed by atoms with van der Waals surface area (Å²) < 4.78 is 0. The number of nitrogens with one attached hydrogen (secondary N) is 1. The van der Waals surface area contributed by atoms with Crippen molar-refractivity contribution in [1.29, 1.82) is 0 Å². The molecule has 0 radical (unpaired) electrons. The molecule has 0 spiro atoms. The molecule has 0 saturated carbocycles. The van der Waals surface area contributed by atoms with Gasteiger partial charge in [-0.05, 0) is 28.3 Å². The summed E-state index contributed by atoms with van der Waals surface area (Å²) in [4.78, 5) is 0. The summed E-state index contributed by atoms with van der Waals surface area (Å²) in [5, 5.41) is 3.88. The van der Waals surface area contributed by atoms with E-state index in [0.29, 0.717) is 23.8 Å². The van der Waals surface area contributed by atoms with Gasteiger partial charge in [0.15, 0.2) is 0 Å². The van der Waals surface area contributed by atoms with Crippen LogP contribution in [0.4, 0.5) is 0 Å². The van der Waals surface area contributed by atoms with Gasteiger partial charge >= 0.3 is 0 Å². The maximum atomic E-state index is 3.88. The molecule has 1 aliphatic heterocycles. The van der Waals surface area contributed by atoms with Crippen molar-refractivity contribution in [3.05, 3.63) is 101 Å². The highest BCUT2D eigenvalue weighted by Gasteiger charge is 2.46. The molecule has 5 aliphatic rings. The van der Waals surface area contributed by atoms with Crippen molar-refractivity contribution < 1.29 is 0 Å².